The third-order valence-electron chi connectivity index (χ3n) is 3.29. The zero-order valence-electron chi connectivity index (χ0n) is 11.6. The topological polar surface area (TPSA) is 80.4 Å². The van der Waals surface area contributed by atoms with Crippen molar-refractivity contribution in [2.45, 2.75) is 18.9 Å². The van der Waals surface area contributed by atoms with Crippen molar-refractivity contribution in [1.29, 1.82) is 0 Å². The number of non-ortho nitro benzene ring substituents is 1. The molecular formula is C16H14ClNO4. The number of Topliss-reactive ketones (excluding diaryl/α,β-unsaturated/α-hetero) is 1. The van der Waals surface area contributed by atoms with Gasteiger partial charge in [0.25, 0.3) is 5.69 Å². The highest BCUT2D eigenvalue weighted by atomic mass is 35.5. The highest BCUT2D eigenvalue weighted by Crippen LogP contribution is 2.25. The number of rotatable bonds is 6. The monoisotopic (exact) mass is 319 g/mol. The van der Waals surface area contributed by atoms with Gasteiger partial charge in [-0.2, -0.15) is 0 Å². The zero-order valence-corrected chi connectivity index (χ0v) is 12.4. The number of hydrogen-bond acceptors (Lipinski definition) is 4. The van der Waals surface area contributed by atoms with E-state index in [2.05, 4.69) is 0 Å². The van der Waals surface area contributed by atoms with Gasteiger partial charge in [0, 0.05) is 24.1 Å². The first-order valence-electron chi connectivity index (χ1n) is 6.69. The Morgan fingerprint density at radius 2 is 1.91 bits per heavy atom. The number of benzene rings is 2. The largest absolute Gasteiger partial charge is 0.388 e. The van der Waals surface area contributed by atoms with Crippen LogP contribution in [0.5, 0.6) is 0 Å². The Labute approximate surface area is 132 Å². The summed E-state index contributed by atoms with van der Waals surface area (Å²) >= 11 is 5.92. The van der Waals surface area contributed by atoms with Crippen molar-refractivity contribution in [1.82, 2.24) is 0 Å². The Kier molecular flexibility index (Phi) is 5.25. The van der Waals surface area contributed by atoms with Gasteiger partial charge in [-0.1, -0.05) is 41.9 Å². The van der Waals surface area contributed by atoms with Gasteiger partial charge in [-0.05, 0) is 18.1 Å². The summed E-state index contributed by atoms with van der Waals surface area (Å²) in [6.07, 6.45) is -0.485. The molecule has 0 aromatic heterocycles. The Hall–Kier alpha value is -2.24. The lowest BCUT2D eigenvalue weighted by Crippen LogP contribution is -2.05. The second-order valence-corrected chi connectivity index (χ2v) is 5.22. The molecule has 0 radical (unpaired) electrons. The molecule has 0 spiro atoms. The Morgan fingerprint density at radius 3 is 2.55 bits per heavy atom. The maximum Gasteiger partial charge on any atom is 0.270 e. The molecule has 0 aliphatic rings. The lowest BCUT2D eigenvalue weighted by Gasteiger charge is -2.10. The number of nitrogens with zero attached hydrogens (tertiary/aromatic N) is 1. The van der Waals surface area contributed by atoms with Crippen molar-refractivity contribution < 1.29 is 14.8 Å². The van der Waals surface area contributed by atoms with E-state index in [4.69, 9.17) is 11.6 Å². The summed E-state index contributed by atoms with van der Waals surface area (Å²) in [7, 11) is 0. The number of hydrogen-bond donors (Lipinski definition) is 1. The van der Waals surface area contributed by atoms with Crippen molar-refractivity contribution in [3.63, 3.8) is 0 Å². The van der Waals surface area contributed by atoms with Crippen LogP contribution in [0.4, 0.5) is 5.69 Å². The van der Waals surface area contributed by atoms with Gasteiger partial charge < -0.3 is 5.11 Å². The first-order chi connectivity index (χ1) is 10.5. The Bertz CT molecular complexity index is 688. The third kappa shape index (κ3) is 3.90. The van der Waals surface area contributed by atoms with Gasteiger partial charge in [0.15, 0.2) is 5.78 Å². The molecule has 22 heavy (non-hydrogen) atoms. The molecule has 0 heterocycles. The summed E-state index contributed by atoms with van der Waals surface area (Å²) in [6, 6.07) is 12.7. The molecule has 2 aromatic carbocycles. The maximum atomic E-state index is 12.2. The molecular weight excluding hydrogens is 306 g/mol. The van der Waals surface area contributed by atoms with Crippen LogP contribution in [0.3, 0.4) is 0 Å². The highest BCUT2D eigenvalue weighted by molar-refractivity contribution is 6.34. The van der Waals surface area contributed by atoms with Crippen molar-refractivity contribution in [3.05, 3.63) is 74.8 Å². The molecule has 0 amide bonds. The van der Waals surface area contributed by atoms with E-state index in [1.165, 1.54) is 18.2 Å². The van der Waals surface area contributed by atoms with E-state index < -0.39 is 11.0 Å². The lowest BCUT2D eigenvalue weighted by molar-refractivity contribution is -0.384. The Balaban J connectivity index is 2.06. The number of aliphatic hydroxyl groups excluding tert-OH is 1. The van der Waals surface area contributed by atoms with Crippen LogP contribution in [0.1, 0.15) is 34.9 Å². The predicted octanol–water partition coefficient (Wildman–Crippen LogP) is 3.94. The summed E-state index contributed by atoms with van der Waals surface area (Å²) in [5.41, 5.74) is 0.646. The molecule has 0 saturated heterocycles. The standard InChI is InChI=1S/C16H14ClNO4/c17-14-7-6-12(18(21)22)10-13(14)16(20)9-8-15(19)11-4-2-1-3-5-11/h1-7,10,15,19H,8-9H2. The fourth-order valence-corrected chi connectivity index (χ4v) is 2.31. The van der Waals surface area contributed by atoms with E-state index in [-0.39, 0.29) is 34.9 Å². The summed E-state index contributed by atoms with van der Waals surface area (Å²) in [5, 5.41) is 21.0. The first kappa shape index (κ1) is 16.1. The van der Waals surface area contributed by atoms with E-state index in [0.717, 1.165) is 5.56 Å². The molecule has 0 fully saturated rings. The van der Waals surface area contributed by atoms with Crippen LogP contribution >= 0.6 is 11.6 Å². The summed E-state index contributed by atoms with van der Waals surface area (Å²) in [6.45, 7) is 0. The van der Waals surface area contributed by atoms with E-state index >= 15 is 0 Å². The summed E-state index contributed by atoms with van der Waals surface area (Å²) in [4.78, 5) is 22.3. The fraction of sp³-hybridized carbons (Fsp3) is 0.188. The third-order valence-corrected chi connectivity index (χ3v) is 3.62. The minimum absolute atomic E-state index is 0.0525. The van der Waals surface area contributed by atoms with Gasteiger partial charge in [-0.25, -0.2) is 0 Å². The van der Waals surface area contributed by atoms with E-state index in [1.54, 1.807) is 24.3 Å². The van der Waals surface area contributed by atoms with Crippen molar-refractivity contribution in [3.8, 4) is 0 Å². The number of nitro benzene ring substituents is 1. The molecule has 1 unspecified atom stereocenters. The SMILES string of the molecule is O=C(CCC(O)c1ccccc1)c1cc([N+](=O)[O-])ccc1Cl. The smallest absolute Gasteiger partial charge is 0.270 e. The molecule has 6 heteroatoms. The number of nitro groups is 1. The van der Waals surface area contributed by atoms with Crippen LogP contribution in [-0.2, 0) is 0 Å². The van der Waals surface area contributed by atoms with Crippen LogP contribution in [-0.4, -0.2) is 15.8 Å². The molecule has 0 aliphatic carbocycles. The second-order valence-electron chi connectivity index (χ2n) is 4.81. The quantitative estimate of drug-likeness (QED) is 0.496. The van der Waals surface area contributed by atoms with Gasteiger partial charge >= 0.3 is 0 Å². The molecule has 114 valence electrons. The van der Waals surface area contributed by atoms with Crippen LogP contribution in [0.25, 0.3) is 0 Å². The lowest BCUT2D eigenvalue weighted by atomic mass is 10.00. The molecule has 0 saturated carbocycles. The zero-order chi connectivity index (χ0) is 16.1. The molecule has 1 atom stereocenters. The van der Waals surface area contributed by atoms with Crippen LogP contribution in [0.15, 0.2) is 48.5 Å². The highest BCUT2D eigenvalue weighted by Gasteiger charge is 2.17. The molecule has 0 bridgehead atoms. The fourth-order valence-electron chi connectivity index (χ4n) is 2.08. The molecule has 2 aromatic rings. The second kappa shape index (κ2) is 7.15. The normalized spacial score (nSPS) is 11.9. The van der Waals surface area contributed by atoms with Crippen LogP contribution in [0.2, 0.25) is 5.02 Å². The van der Waals surface area contributed by atoms with E-state index in [1.807, 2.05) is 6.07 Å². The van der Waals surface area contributed by atoms with Crippen molar-refractivity contribution in [2.24, 2.45) is 0 Å². The maximum absolute atomic E-state index is 12.2. The van der Waals surface area contributed by atoms with E-state index in [9.17, 15) is 20.0 Å². The molecule has 1 N–H and O–H groups in total. The van der Waals surface area contributed by atoms with E-state index in [0.29, 0.717) is 0 Å². The molecule has 5 nitrogen and oxygen atoms in total. The number of ketones is 1. The number of carbonyl (C=O) groups excluding carboxylic acids is 1. The van der Waals surface area contributed by atoms with Crippen LogP contribution in [0, 0.1) is 10.1 Å². The Morgan fingerprint density at radius 1 is 1.23 bits per heavy atom. The number of aliphatic hydroxyl groups is 1. The van der Waals surface area contributed by atoms with Gasteiger partial charge in [-0.3, -0.25) is 14.9 Å². The average molecular weight is 320 g/mol. The van der Waals surface area contributed by atoms with Crippen molar-refractivity contribution >= 4 is 23.1 Å². The minimum atomic E-state index is -0.761. The minimum Gasteiger partial charge on any atom is -0.388 e. The van der Waals surface area contributed by atoms with Gasteiger partial charge in [0.1, 0.15) is 0 Å². The number of carbonyl (C=O) groups is 1. The van der Waals surface area contributed by atoms with Gasteiger partial charge in [0.05, 0.1) is 16.0 Å². The summed E-state index contributed by atoms with van der Waals surface area (Å²) in [5.74, 6) is -0.330. The molecule has 2 rings (SSSR count). The average Bonchev–Trinajstić information content (AvgIpc) is 2.53. The number of halogens is 1. The summed E-state index contributed by atoms with van der Waals surface area (Å²) < 4.78 is 0. The van der Waals surface area contributed by atoms with Gasteiger partial charge in [-0.15, -0.1) is 0 Å². The van der Waals surface area contributed by atoms with Crippen molar-refractivity contribution in [2.75, 3.05) is 0 Å². The van der Waals surface area contributed by atoms with Gasteiger partial charge in [0.2, 0.25) is 0 Å². The predicted molar refractivity (Wildman–Crippen MR) is 83.1 cm³/mol. The molecule has 0 aliphatic heterocycles. The first-order valence-corrected chi connectivity index (χ1v) is 7.07. The van der Waals surface area contributed by atoms with Crippen LogP contribution < -0.4 is 0 Å².